The lowest BCUT2D eigenvalue weighted by Crippen LogP contribution is -2.18. The van der Waals surface area contributed by atoms with Crippen molar-refractivity contribution in [3.8, 4) is 11.4 Å². The summed E-state index contributed by atoms with van der Waals surface area (Å²) in [4.78, 5) is 0. The SMILES string of the molecule is Cc1ccc(-c2nnc3n2NC(c2ccc(Br)cc2)=CS3)cc1. The molecule has 0 saturated carbocycles. The Morgan fingerprint density at radius 3 is 2.39 bits per heavy atom. The number of thioether (sulfide) groups is 1. The number of benzene rings is 2. The zero-order valence-corrected chi connectivity index (χ0v) is 14.7. The molecule has 1 aliphatic rings. The largest absolute Gasteiger partial charge is 0.289 e. The maximum Gasteiger partial charge on any atom is 0.214 e. The Kier molecular flexibility index (Phi) is 3.71. The van der Waals surface area contributed by atoms with E-state index in [1.165, 1.54) is 5.56 Å². The summed E-state index contributed by atoms with van der Waals surface area (Å²) in [6.45, 7) is 2.07. The average Bonchev–Trinajstić information content (AvgIpc) is 2.99. The fourth-order valence-electron chi connectivity index (χ4n) is 2.36. The van der Waals surface area contributed by atoms with Crippen LogP contribution in [0.15, 0.2) is 63.6 Å². The lowest BCUT2D eigenvalue weighted by atomic mass is 10.1. The monoisotopic (exact) mass is 384 g/mol. The Bertz CT molecular complexity index is 882. The van der Waals surface area contributed by atoms with Crippen molar-refractivity contribution in [2.45, 2.75) is 12.1 Å². The van der Waals surface area contributed by atoms with Crippen LogP contribution in [0, 0.1) is 6.92 Å². The van der Waals surface area contributed by atoms with Crippen molar-refractivity contribution in [3.05, 3.63) is 69.5 Å². The van der Waals surface area contributed by atoms with Crippen LogP contribution in [0.3, 0.4) is 0 Å². The first kappa shape index (κ1) is 14.5. The van der Waals surface area contributed by atoms with E-state index in [9.17, 15) is 0 Å². The summed E-state index contributed by atoms with van der Waals surface area (Å²) in [7, 11) is 0. The number of hydrogen-bond donors (Lipinski definition) is 1. The number of halogens is 1. The van der Waals surface area contributed by atoms with Crippen LogP contribution < -0.4 is 5.43 Å². The fourth-order valence-corrected chi connectivity index (χ4v) is 3.36. The molecular weight excluding hydrogens is 372 g/mol. The molecule has 0 bridgehead atoms. The minimum absolute atomic E-state index is 0.815. The van der Waals surface area contributed by atoms with Crippen molar-refractivity contribution in [3.63, 3.8) is 0 Å². The Balaban J connectivity index is 1.69. The van der Waals surface area contributed by atoms with Crippen molar-refractivity contribution in [2.24, 2.45) is 0 Å². The lowest BCUT2D eigenvalue weighted by molar-refractivity contribution is 0.826. The molecule has 2 heterocycles. The molecule has 3 aromatic rings. The molecule has 23 heavy (non-hydrogen) atoms. The smallest absolute Gasteiger partial charge is 0.214 e. The first-order chi connectivity index (χ1) is 11.2. The highest BCUT2D eigenvalue weighted by Gasteiger charge is 2.19. The van der Waals surface area contributed by atoms with Crippen LogP contribution in [-0.4, -0.2) is 14.9 Å². The molecule has 1 N–H and O–H groups in total. The third kappa shape index (κ3) is 2.80. The Labute approximate surface area is 146 Å². The molecule has 0 fully saturated rings. The van der Waals surface area contributed by atoms with Crippen LogP contribution in [0.1, 0.15) is 11.1 Å². The predicted octanol–water partition coefficient (Wildman–Crippen LogP) is 4.66. The second kappa shape index (κ2) is 5.86. The Morgan fingerprint density at radius 1 is 0.957 bits per heavy atom. The number of hydrogen-bond acceptors (Lipinski definition) is 4. The molecule has 4 rings (SSSR count). The Morgan fingerprint density at radius 2 is 1.65 bits per heavy atom. The van der Waals surface area contributed by atoms with E-state index < -0.39 is 0 Å². The summed E-state index contributed by atoms with van der Waals surface area (Å²) >= 11 is 5.03. The van der Waals surface area contributed by atoms with Gasteiger partial charge in [-0.05, 0) is 19.1 Å². The van der Waals surface area contributed by atoms with Crippen LogP contribution in [-0.2, 0) is 0 Å². The van der Waals surface area contributed by atoms with E-state index in [0.29, 0.717) is 0 Å². The Hall–Kier alpha value is -2.05. The van der Waals surface area contributed by atoms with E-state index in [2.05, 4.69) is 80.3 Å². The van der Waals surface area contributed by atoms with Gasteiger partial charge in [0.05, 0.1) is 5.70 Å². The third-order valence-corrected chi connectivity index (χ3v) is 4.97. The van der Waals surface area contributed by atoms with Crippen molar-refractivity contribution in [2.75, 3.05) is 5.43 Å². The van der Waals surface area contributed by atoms with Crippen LogP contribution in [0.4, 0.5) is 0 Å². The molecule has 0 radical (unpaired) electrons. The number of nitrogens with zero attached hydrogens (tertiary/aromatic N) is 3. The molecule has 1 aromatic heterocycles. The second-order valence-electron chi connectivity index (χ2n) is 5.28. The molecule has 0 atom stereocenters. The van der Waals surface area contributed by atoms with Gasteiger partial charge in [-0.15, -0.1) is 10.2 Å². The van der Waals surface area contributed by atoms with Crippen molar-refractivity contribution < 1.29 is 0 Å². The molecule has 6 heteroatoms. The van der Waals surface area contributed by atoms with Crippen LogP contribution in [0.25, 0.3) is 17.1 Å². The summed E-state index contributed by atoms with van der Waals surface area (Å²) in [6.07, 6.45) is 0. The first-order valence-corrected chi connectivity index (χ1v) is 8.80. The molecular formula is C17H13BrN4S. The minimum atomic E-state index is 0.815. The standard InChI is InChI=1S/C17H13BrN4S/c1-11-2-4-13(5-3-11)16-19-20-17-22(16)21-15(10-23-17)12-6-8-14(18)9-7-12/h2-10,21H,1H3. The molecule has 114 valence electrons. The summed E-state index contributed by atoms with van der Waals surface area (Å²) in [6, 6.07) is 16.5. The van der Waals surface area contributed by atoms with Gasteiger partial charge in [0.2, 0.25) is 5.16 Å². The van der Waals surface area contributed by atoms with Gasteiger partial charge < -0.3 is 0 Å². The molecule has 0 saturated heterocycles. The minimum Gasteiger partial charge on any atom is -0.289 e. The van der Waals surface area contributed by atoms with Gasteiger partial charge in [-0.1, -0.05) is 69.7 Å². The zero-order valence-electron chi connectivity index (χ0n) is 12.3. The van der Waals surface area contributed by atoms with Gasteiger partial charge in [-0.3, -0.25) is 5.43 Å². The van der Waals surface area contributed by atoms with Crippen LogP contribution >= 0.6 is 27.7 Å². The van der Waals surface area contributed by atoms with E-state index >= 15 is 0 Å². The molecule has 0 spiro atoms. The van der Waals surface area contributed by atoms with Gasteiger partial charge in [0.25, 0.3) is 0 Å². The molecule has 1 aliphatic heterocycles. The quantitative estimate of drug-likeness (QED) is 0.697. The lowest BCUT2D eigenvalue weighted by Gasteiger charge is -2.19. The van der Waals surface area contributed by atoms with Crippen LogP contribution in [0.2, 0.25) is 0 Å². The summed E-state index contributed by atoms with van der Waals surface area (Å²) in [5, 5.41) is 11.5. The van der Waals surface area contributed by atoms with Gasteiger partial charge in [0, 0.05) is 21.0 Å². The van der Waals surface area contributed by atoms with E-state index in [1.807, 2.05) is 16.8 Å². The van der Waals surface area contributed by atoms with Gasteiger partial charge in [-0.2, -0.15) is 0 Å². The number of fused-ring (bicyclic) bond motifs is 1. The van der Waals surface area contributed by atoms with Gasteiger partial charge >= 0.3 is 0 Å². The van der Waals surface area contributed by atoms with E-state index in [-0.39, 0.29) is 0 Å². The second-order valence-corrected chi connectivity index (χ2v) is 7.03. The molecule has 0 amide bonds. The van der Waals surface area contributed by atoms with Crippen LogP contribution in [0.5, 0.6) is 0 Å². The van der Waals surface area contributed by atoms with Gasteiger partial charge in [0.15, 0.2) is 5.82 Å². The third-order valence-electron chi connectivity index (χ3n) is 3.61. The molecule has 4 nitrogen and oxygen atoms in total. The van der Waals surface area contributed by atoms with Crippen molar-refractivity contribution in [1.29, 1.82) is 0 Å². The predicted molar refractivity (Wildman–Crippen MR) is 97.5 cm³/mol. The molecule has 2 aromatic carbocycles. The van der Waals surface area contributed by atoms with Crippen molar-refractivity contribution >= 4 is 33.4 Å². The van der Waals surface area contributed by atoms with Gasteiger partial charge in [-0.25, -0.2) is 4.68 Å². The van der Waals surface area contributed by atoms with Crippen molar-refractivity contribution in [1.82, 2.24) is 14.9 Å². The first-order valence-electron chi connectivity index (χ1n) is 7.13. The van der Waals surface area contributed by atoms with E-state index in [4.69, 9.17) is 0 Å². The summed E-state index contributed by atoms with van der Waals surface area (Å²) in [5.74, 6) is 0.815. The number of aryl methyl sites for hydroxylation is 1. The fraction of sp³-hybridized carbons (Fsp3) is 0.0588. The number of nitrogens with one attached hydrogen (secondary N) is 1. The van der Waals surface area contributed by atoms with E-state index in [0.717, 1.165) is 32.3 Å². The molecule has 0 aliphatic carbocycles. The maximum absolute atomic E-state index is 4.33. The number of aromatic nitrogens is 3. The summed E-state index contributed by atoms with van der Waals surface area (Å²) < 4.78 is 3.00. The zero-order chi connectivity index (χ0) is 15.8. The summed E-state index contributed by atoms with van der Waals surface area (Å²) in [5.41, 5.74) is 7.83. The molecule has 0 unspecified atom stereocenters. The van der Waals surface area contributed by atoms with E-state index in [1.54, 1.807) is 11.8 Å². The average molecular weight is 385 g/mol. The topological polar surface area (TPSA) is 42.7 Å². The number of rotatable bonds is 2. The van der Waals surface area contributed by atoms with Gasteiger partial charge in [0.1, 0.15) is 0 Å². The highest BCUT2D eigenvalue weighted by atomic mass is 79.9. The highest BCUT2D eigenvalue weighted by Crippen LogP contribution is 2.31. The highest BCUT2D eigenvalue weighted by molar-refractivity contribution is 9.10. The normalized spacial score (nSPS) is 13.2. The maximum atomic E-state index is 4.33.